The van der Waals surface area contributed by atoms with Gasteiger partial charge in [0.2, 0.25) is 0 Å². The van der Waals surface area contributed by atoms with Crippen molar-refractivity contribution < 1.29 is 32.5 Å². The molecule has 0 aliphatic carbocycles. The Bertz CT molecular complexity index is 594. The molecule has 0 aromatic heterocycles. The third-order valence-corrected chi connectivity index (χ3v) is 2.76. The van der Waals surface area contributed by atoms with Crippen LogP contribution in [0.2, 0.25) is 0 Å². The second kappa shape index (κ2) is 8.75. The topological polar surface area (TPSA) is 67.8 Å². The fraction of sp³-hybridized carbons (Fsp3) is 0.471. The number of aliphatic hydroxyl groups is 1. The Hall–Kier alpha value is -2.22. The number of aliphatic hydroxyl groups excluding tert-OH is 1. The van der Waals surface area contributed by atoms with Gasteiger partial charge in [-0.15, -0.1) is 0 Å². The standard InChI is InChI=1S/C17H22F3NO4/c1-16(2,3)25-15(23)21-14(17(18,19)20)9-8-12-6-4-5-7-13(12)24-11-10-22/h4-9,14,22H,10-11H2,1-3H3,(H,21,23)/b9-8+/t14-/m0/s1. The lowest BCUT2D eigenvalue weighted by atomic mass is 10.1. The summed E-state index contributed by atoms with van der Waals surface area (Å²) in [5.74, 6) is 0.325. The summed E-state index contributed by atoms with van der Waals surface area (Å²) in [5, 5.41) is 10.6. The summed E-state index contributed by atoms with van der Waals surface area (Å²) >= 11 is 0. The molecule has 1 aromatic carbocycles. The van der Waals surface area contributed by atoms with E-state index >= 15 is 0 Å². The lowest BCUT2D eigenvalue weighted by molar-refractivity contribution is -0.143. The minimum absolute atomic E-state index is 0.0176. The zero-order chi connectivity index (χ0) is 19.1. The summed E-state index contributed by atoms with van der Waals surface area (Å²) < 4.78 is 49.5. The number of amides is 1. The molecule has 0 bridgehead atoms. The molecule has 0 fully saturated rings. The molecule has 1 amide bonds. The molecule has 2 N–H and O–H groups in total. The highest BCUT2D eigenvalue weighted by molar-refractivity contribution is 5.69. The predicted octanol–water partition coefficient (Wildman–Crippen LogP) is 3.53. The van der Waals surface area contributed by atoms with E-state index in [4.69, 9.17) is 14.6 Å². The van der Waals surface area contributed by atoms with E-state index in [1.165, 1.54) is 6.08 Å². The predicted molar refractivity (Wildman–Crippen MR) is 87.3 cm³/mol. The summed E-state index contributed by atoms with van der Waals surface area (Å²) in [6.07, 6.45) is -3.84. The molecule has 0 aliphatic heterocycles. The van der Waals surface area contributed by atoms with Crippen LogP contribution in [0.3, 0.4) is 0 Å². The Labute approximate surface area is 144 Å². The zero-order valence-electron chi connectivity index (χ0n) is 14.3. The fourth-order valence-corrected chi connectivity index (χ4v) is 1.78. The maximum atomic E-state index is 13.1. The summed E-state index contributed by atoms with van der Waals surface area (Å²) in [6, 6.07) is 4.21. The van der Waals surface area contributed by atoms with Crippen LogP contribution >= 0.6 is 0 Å². The molecular weight excluding hydrogens is 339 g/mol. The number of alkyl carbamates (subject to hydrolysis) is 1. The first-order chi connectivity index (χ1) is 11.5. The molecule has 25 heavy (non-hydrogen) atoms. The van der Waals surface area contributed by atoms with Gasteiger partial charge in [0.25, 0.3) is 0 Å². The van der Waals surface area contributed by atoms with Crippen molar-refractivity contribution in [2.75, 3.05) is 13.2 Å². The summed E-state index contributed by atoms with van der Waals surface area (Å²) in [4.78, 5) is 11.6. The van der Waals surface area contributed by atoms with Gasteiger partial charge in [0, 0.05) is 5.56 Å². The number of carbonyl (C=O) groups excluding carboxylic acids is 1. The van der Waals surface area contributed by atoms with Crippen molar-refractivity contribution in [2.24, 2.45) is 0 Å². The van der Waals surface area contributed by atoms with Crippen LogP contribution in [-0.2, 0) is 4.74 Å². The molecule has 0 unspecified atom stereocenters. The van der Waals surface area contributed by atoms with Gasteiger partial charge in [-0.2, -0.15) is 13.2 Å². The molecule has 1 aromatic rings. The van der Waals surface area contributed by atoms with Crippen LogP contribution < -0.4 is 10.1 Å². The van der Waals surface area contributed by atoms with Crippen LogP contribution in [0.4, 0.5) is 18.0 Å². The van der Waals surface area contributed by atoms with E-state index in [1.54, 1.807) is 50.4 Å². The molecule has 5 nitrogen and oxygen atoms in total. The van der Waals surface area contributed by atoms with Crippen LogP contribution in [0.15, 0.2) is 30.3 Å². The van der Waals surface area contributed by atoms with E-state index in [0.29, 0.717) is 11.3 Å². The van der Waals surface area contributed by atoms with Crippen molar-refractivity contribution in [1.82, 2.24) is 5.32 Å². The van der Waals surface area contributed by atoms with Crippen LogP contribution in [0.5, 0.6) is 5.75 Å². The highest BCUT2D eigenvalue weighted by atomic mass is 19.4. The maximum Gasteiger partial charge on any atom is 0.412 e. The van der Waals surface area contributed by atoms with Gasteiger partial charge in [0.1, 0.15) is 24.0 Å². The van der Waals surface area contributed by atoms with Gasteiger partial charge in [-0.3, -0.25) is 0 Å². The molecule has 0 heterocycles. The Balaban J connectivity index is 2.92. The molecule has 8 heteroatoms. The molecule has 0 aliphatic rings. The number of halogens is 3. The van der Waals surface area contributed by atoms with Crippen molar-refractivity contribution in [3.05, 3.63) is 35.9 Å². The second-order valence-electron chi connectivity index (χ2n) is 6.13. The molecule has 0 saturated carbocycles. The van der Waals surface area contributed by atoms with Gasteiger partial charge in [-0.25, -0.2) is 4.79 Å². The Morgan fingerprint density at radius 2 is 1.92 bits per heavy atom. The molecule has 1 atom stereocenters. The monoisotopic (exact) mass is 361 g/mol. The van der Waals surface area contributed by atoms with Crippen molar-refractivity contribution in [2.45, 2.75) is 38.6 Å². The number of para-hydroxylation sites is 1. The van der Waals surface area contributed by atoms with Crippen LogP contribution in [0.25, 0.3) is 6.08 Å². The average Bonchev–Trinajstić information content (AvgIpc) is 2.47. The number of hydrogen-bond acceptors (Lipinski definition) is 4. The quantitative estimate of drug-likeness (QED) is 0.813. The SMILES string of the molecule is CC(C)(C)OC(=O)N[C@@H](/C=C/c1ccccc1OCCO)C(F)(F)F. The van der Waals surface area contributed by atoms with Gasteiger partial charge in [0.15, 0.2) is 0 Å². The van der Waals surface area contributed by atoms with Crippen molar-refractivity contribution >= 4 is 12.2 Å². The molecule has 0 spiro atoms. The average molecular weight is 361 g/mol. The number of nitrogens with one attached hydrogen (secondary N) is 1. The molecule has 0 saturated heterocycles. The van der Waals surface area contributed by atoms with Gasteiger partial charge >= 0.3 is 12.3 Å². The highest BCUT2D eigenvalue weighted by Crippen LogP contribution is 2.25. The van der Waals surface area contributed by atoms with Crippen LogP contribution in [-0.4, -0.2) is 42.2 Å². The largest absolute Gasteiger partial charge is 0.491 e. The number of rotatable bonds is 6. The Morgan fingerprint density at radius 1 is 1.28 bits per heavy atom. The van der Waals surface area contributed by atoms with E-state index in [1.807, 2.05) is 0 Å². The lowest BCUT2D eigenvalue weighted by Crippen LogP contribution is -2.46. The molecule has 140 valence electrons. The normalized spacial score (nSPS) is 13.6. The number of carbonyl (C=O) groups is 1. The van der Waals surface area contributed by atoms with Gasteiger partial charge < -0.3 is 19.9 Å². The summed E-state index contributed by atoms with van der Waals surface area (Å²) in [6.45, 7) is 4.46. The Kier molecular flexibility index (Phi) is 7.29. The maximum absolute atomic E-state index is 13.1. The zero-order valence-corrected chi connectivity index (χ0v) is 14.3. The highest BCUT2D eigenvalue weighted by Gasteiger charge is 2.39. The summed E-state index contributed by atoms with van der Waals surface area (Å²) in [5.41, 5.74) is -0.523. The number of hydrogen-bond donors (Lipinski definition) is 2. The van der Waals surface area contributed by atoms with E-state index in [2.05, 4.69) is 0 Å². The minimum Gasteiger partial charge on any atom is -0.491 e. The third kappa shape index (κ3) is 7.93. The van der Waals surface area contributed by atoms with Crippen molar-refractivity contribution in [3.8, 4) is 5.75 Å². The fourth-order valence-electron chi connectivity index (χ4n) is 1.78. The minimum atomic E-state index is -4.69. The van der Waals surface area contributed by atoms with Gasteiger partial charge in [-0.05, 0) is 26.8 Å². The van der Waals surface area contributed by atoms with Gasteiger partial charge in [0.05, 0.1) is 6.61 Å². The van der Waals surface area contributed by atoms with Crippen molar-refractivity contribution in [1.29, 1.82) is 0 Å². The van der Waals surface area contributed by atoms with Crippen molar-refractivity contribution in [3.63, 3.8) is 0 Å². The third-order valence-electron chi connectivity index (χ3n) is 2.76. The summed E-state index contributed by atoms with van der Waals surface area (Å²) in [7, 11) is 0. The van der Waals surface area contributed by atoms with E-state index in [-0.39, 0.29) is 13.2 Å². The smallest absolute Gasteiger partial charge is 0.412 e. The molecule has 1 rings (SSSR count). The van der Waals surface area contributed by atoms with Crippen LogP contribution in [0.1, 0.15) is 26.3 Å². The second-order valence-corrected chi connectivity index (χ2v) is 6.13. The van der Waals surface area contributed by atoms with Gasteiger partial charge in [-0.1, -0.05) is 30.4 Å². The first-order valence-electron chi connectivity index (χ1n) is 7.60. The Morgan fingerprint density at radius 3 is 2.48 bits per heavy atom. The number of alkyl halides is 3. The van der Waals surface area contributed by atoms with E-state index in [9.17, 15) is 18.0 Å². The lowest BCUT2D eigenvalue weighted by Gasteiger charge is -2.23. The first kappa shape index (κ1) is 20.8. The van der Waals surface area contributed by atoms with E-state index in [0.717, 1.165) is 6.08 Å². The molecular formula is C17H22F3NO4. The molecule has 0 radical (unpaired) electrons. The number of ether oxygens (including phenoxy) is 2. The van der Waals surface area contributed by atoms with E-state index < -0.39 is 23.9 Å². The first-order valence-corrected chi connectivity index (χ1v) is 7.60. The number of benzene rings is 1. The van der Waals surface area contributed by atoms with Crippen LogP contribution in [0, 0.1) is 0 Å².